The number of hydrogen-bond acceptors (Lipinski definition) is 4. The number of benzene rings is 1. The summed E-state index contributed by atoms with van der Waals surface area (Å²) in [5.74, 6) is -0.987. The SMILES string of the molecule is O=C(O)C[C@H]1C=C[C@H](NC(=O)Nc2ccccc2)[C@@H](CO)O1. The number of aliphatic carboxylic acids is 1. The molecule has 1 aliphatic rings. The summed E-state index contributed by atoms with van der Waals surface area (Å²) in [5.41, 5.74) is 0.644. The van der Waals surface area contributed by atoms with E-state index in [9.17, 15) is 14.7 Å². The first-order valence-corrected chi connectivity index (χ1v) is 6.87. The number of aliphatic hydroxyl groups is 1. The van der Waals surface area contributed by atoms with Crippen molar-refractivity contribution in [3.8, 4) is 0 Å². The van der Waals surface area contributed by atoms with Crippen LogP contribution >= 0.6 is 0 Å². The second kappa shape index (κ2) is 7.58. The molecule has 2 rings (SSSR count). The number of rotatable bonds is 5. The highest BCUT2D eigenvalue weighted by Gasteiger charge is 2.28. The highest BCUT2D eigenvalue weighted by molar-refractivity contribution is 5.89. The van der Waals surface area contributed by atoms with E-state index in [0.717, 1.165) is 0 Å². The maximum Gasteiger partial charge on any atom is 0.319 e. The third-order valence-electron chi connectivity index (χ3n) is 3.17. The first-order chi connectivity index (χ1) is 10.6. The van der Waals surface area contributed by atoms with Crippen molar-refractivity contribution in [2.45, 2.75) is 24.7 Å². The summed E-state index contributed by atoms with van der Waals surface area (Å²) in [6.45, 7) is -0.323. The minimum atomic E-state index is -0.987. The standard InChI is InChI=1S/C15H18N2O5/c18-9-13-12(7-6-11(22-13)8-14(19)20)17-15(21)16-10-4-2-1-3-5-10/h1-7,11-13,18H,8-9H2,(H,19,20)(H2,16,17,21)/t11-,12+,13-/m1/s1. The lowest BCUT2D eigenvalue weighted by atomic mass is 10.1. The fourth-order valence-electron chi connectivity index (χ4n) is 2.15. The number of anilines is 1. The van der Waals surface area contributed by atoms with E-state index in [1.807, 2.05) is 6.07 Å². The number of carboxylic acid groups (broad SMARTS) is 1. The van der Waals surface area contributed by atoms with Crippen LogP contribution in [0.25, 0.3) is 0 Å². The number of carbonyl (C=O) groups excluding carboxylic acids is 1. The van der Waals surface area contributed by atoms with Crippen molar-refractivity contribution in [2.75, 3.05) is 11.9 Å². The lowest BCUT2D eigenvalue weighted by Gasteiger charge is -2.31. The van der Waals surface area contributed by atoms with Gasteiger partial charge in [0.25, 0.3) is 0 Å². The minimum Gasteiger partial charge on any atom is -0.481 e. The summed E-state index contributed by atoms with van der Waals surface area (Å²) in [6, 6.07) is 7.97. The van der Waals surface area contributed by atoms with Gasteiger partial charge in [0.15, 0.2) is 0 Å². The molecule has 7 nitrogen and oxygen atoms in total. The van der Waals surface area contributed by atoms with Crippen molar-refractivity contribution in [3.63, 3.8) is 0 Å². The molecule has 2 amide bonds. The topological polar surface area (TPSA) is 108 Å². The molecule has 0 radical (unpaired) electrons. The molecule has 0 aromatic heterocycles. The van der Waals surface area contributed by atoms with Gasteiger partial charge in [-0.25, -0.2) is 4.79 Å². The van der Waals surface area contributed by atoms with Crippen molar-refractivity contribution < 1.29 is 24.5 Å². The van der Waals surface area contributed by atoms with Crippen LogP contribution in [0.1, 0.15) is 6.42 Å². The first kappa shape index (κ1) is 16.0. The molecule has 1 aromatic carbocycles. The zero-order valence-electron chi connectivity index (χ0n) is 11.8. The van der Waals surface area contributed by atoms with E-state index < -0.39 is 30.3 Å². The van der Waals surface area contributed by atoms with E-state index in [4.69, 9.17) is 9.84 Å². The number of ether oxygens (including phenoxy) is 1. The molecular weight excluding hydrogens is 288 g/mol. The molecule has 0 spiro atoms. The van der Waals surface area contributed by atoms with Crippen molar-refractivity contribution in [2.24, 2.45) is 0 Å². The van der Waals surface area contributed by atoms with Crippen molar-refractivity contribution in [1.82, 2.24) is 5.32 Å². The fourth-order valence-corrected chi connectivity index (χ4v) is 2.15. The van der Waals surface area contributed by atoms with E-state index in [0.29, 0.717) is 5.69 Å². The Balaban J connectivity index is 1.93. The Hall–Kier alpha value is -2.38. The minimum absolute atomic E-state index is 0.185. The van der Waals surface area contributed by atoms with E-state index in [2.05, 4.69) is 10.6 Å². The van der Waals surface area contributed by atoms with Crippen LogP contribution in [0.2, 0.25) is 0 Å². The van der Waals surface area contributed by atoms with Crippen LogP contribution in [0.4, 0.5) is 10.5 Å². The largest absolute Gasteiger partial charge is 0.481 e. The molecular formula is C15H18N2O5. The molecule has 0 saturated carbocycles. The zero-order valence-corrected chi connectivity index (χ0v) is 11.8. The average molecular weight is 306 g/mol. The molecule has 4 N–H and O–H groups in total. The van der Waals surface area contributed by atoms with Gasteiger partial charge in [-0.15, -0.1) is 0 Å². The van der Waals surface area contributed by atoms with Gasteiger partial charge in [-0.1, -0.05) is 30.4 Å². The number of nitrogens with one attached hydrogen (secondary N) is 2. The van der Waals surface area contributed by atoms with Crippen LogP contribution in [-0.4, -0.2) is 47.1 Å². The van der Waals surface area contributed by atoms with Gasteiger partial charge < -0.3 is 25.6 Å². The highest BCUT2D eigenvalue weighted by atomic mass is 16.5. The molecule has 1 aromatic rings. The molecule has 0 bridgehead atoms. The molecule has 0 fully saturated rings. The Labute approximate surface area is 127 Å². The second-order valence-electron chi connectivity index (χ2n) is 4.87. The molecule has 118 valence electrons. The Morgan fingerprint density at radius 2 is 1.91 bits per heavy atom. The van der Waals surface area contributed by atoms with Gasteiger partial charge in [0.1, 0.15) is 6.10 Å². The maximum absolute atomic E-state index is 11.9. The Bertz CT molecular complexity index is 546. The van der Waals surface area contributed by atoms with Gasteiger partial charge in [0.2, 0.25) is 0 Å². The molecule has 1 heterocycles. The summed E-state index contributed by atoms with van der Waals surface area (Å²) in [6.07, 6.45) is 1.74. The van der Waals surface area contributed by atoms with Crippen molar-refractivity contribution in [1.29, 1.82) is 0 Å². The predicted octanol–water partition coefficient (Wildman–Crippen LogP) is 0.967. The van der Waals surface area contributed by atoms with Gasteiger partial charge >= 0.3 is 12.0 Å². The van der Waals surface area contributed by atoms with Crippen molar-refractivity contribution in [3.05, 3.63) is 42.5 Å². The van der Waals surface area contributed by atoms with E-state index in [-0.39, 0.29) is 13.0 Å². The lowest BCUT2D eigenvalue weighted by molar-refractivity contribution is -0.141. The van der Waals surface area contributed by atoms with E-state index >= 15 is 0 Å². The maximum atomic E-state index is 11.9. The summed E-state index contributed by atoms with van der Waals surface area (Å²) in [4.78, 5) is 22.6. The highest BCUT2D eigenvalue weighted by Crippen LogP contribution is 2.16. The van der Waals surface area contributed by atoms with Gasteiger partial charge in [0.05, 0.1) is 25.2 Å². The third-order valence-corrected chi connectivity index (χ3v) is 3.17. The van der Waals surface area contributed by atoms with Crippen molar-refractivity contribution >= 4 is 17.7 Å². The summed E-state index contributed by atoms with van der Waals surface area (Å²) < 4.78 is 5.45. The van der Waals surface area contributed by atoms with Gasteiger partial charge in [-0.05, 0) is 12.1 Å². The van der Waals surface area contributed by atoms with Crippen LogP contribution in [0, 0.1) is 0 Å². The molecule has 1 aliphatic heterocycles. The van der Waals surface area contributed by atoms with Gasteiger partial charge in [0, 0.05) is 5.69 Å². The van der Waals surface area contributed by atoms with Crippen LogP contribution in [-0.2, 0) is 9.53 Å². The Morgan fingerprint density at radius 3 is 2.55 bits per heavy atom. The number of carboxylic acids is 1. The number of carbonyl (C=O) groups is 2. The number of para-hydroxylation sites is 1. The summed E-state index contributed by atoms with van der Waals surface area (Å²) in [5, 5.41) is 23.4. The molecule has 0 saturated heterocycles. The van der Waals surface area contributed by atoms with E-state index in [1.54, 1.807) is 36.4 Å². The average Bonchev–Trinajstić information content (AvgIpc) is 2.49. The lowest BCUT2D eigenvalue weighted by Crippen LogP contribution is -2.49. The smallest absolute Gasteiger partial charge is 0.319 e. The number of hydrogen-bond donors (Lipinski definition) is 4. The summed E-state index contributed by atoms with van der Waals surface area (Å²) in [7, 11) is 0. The molecule has 0 aliphatic carbocycles. The normalized spacial score (nSPS) is 23.8. The van der Waals surface area contributed by atoms with E-state index in [1.165, 1.54) is 0 Å². The monoisotopic (exact) mass is 306 g/mol. The number of aliphatic hydroxyl groups excluding tert-OH is 1. The molecule has 0 unspecified atom stereocenters. The Morgan fingerprint density at radius 1 is 1.18 bits per heavy atom. The van der Waals surface area contributed by atoms with Gasteiger partial charge in [-0.2, -0.15) is 0 Å². The molecule has 3 atom stereocenters. The number of amides is 2. The van der Waals surface area contributed by atoms with Gasteiger partial charge in [-0.3, -0.25) is 4.79 Å². The van der Waals surface area contributed by atoms with Crippen LogP contribution in [0.15, 0.2) is 42.5 Å². The molecule has 7 heteroatoms. The quantitative estimate of drug-likeness (QED) is 0.606. The third kappa shape index (κ3) is 4.57. The summed E-state index contributed by atoms with van der Waals surface area (Å²) >= 11 is 0. The number of urea groups is 1. The predicted molar refractivity (Wildman–Crippen MR) is 79.5 cm³/mol. The van der Waals surface area contributed by atoms with Crippen LogP contribution in [0.3, 0.4) is 0 Å². The fraction of sp³-hybridized carbons (Fsp3) is 0.333. The Kier molecular flexibility index (Phi) is 5.51. The van der Waals surface area contributed by atoms with Crippen LogP contribution < -0.4 is 10.6 Å². The first-order valence-electron chi connectivity index (χ1n) is 6.87. The zero-order chi connectivity index (χ0) is 15.9. The second-order valence-corrected chi connectivity index (χ2v) is 4.87. The molecule has 22 heavy (non-hydrogen) atoms. The van der Waals surface area contributed by atoms with Crippen LogP contribution in [0.5, 0.6) is 0 Å².